The number of hydrogen-bond acceptors (Lipinski definition) is 5. The highest BCUT2D eigenvalue weighted by Gasteiger charge is 2.26. The lowest BCUT2D eigenvalue weighted by Gasteiger charge is -2.33. The Hall–Kier alpha value is -2.60. The normalized spacial score (nSPS) is 17.4. The molecule has 0 spiro atoms. The summed E-state index contributed by atoms with van der Waals surface area (Å²) < 4.78 is 11.0. The van der Waals surface area contributed by atoms with Gasteiger partial charge in [0.2, 0.25) is 5.91 Å². The molecule has 132 valence electrons. The predicted octanol–water partition coefficient (Wildman–Crippen LogP) is 2.12. The van der Waals surface area contributed by atoms with Crippen LogP contribution in [0.15, 0.2) is 36.4 Å². The molecular weight excluding hydrogens is 318 g/mol. The highest BCUT2D eigenvalue weighted by atomic mass is 16.5. The van der Waals surface area contributed by atoms with E-state index in [4.69, 9.17) is 15.2 Å². The molecule has 0 aliphatic carbocycles. The van der Waals surface area contributed by atoms with Gasteiger partial charge in [-0.15, -0.1) is 0 Å². The van der Waals surface area contributed by atoms with Crippen LogP contribution in [0.5, 0.6) is 5.75 Å². The molecule has 25 heavy (non-hydrogen) atoms. The molecule has 1 aromatic heterocycles. The van der Waals surface area contributed by atoms with Crippen molar-refractivity contribution in [3.05, 3.63) is 53.3 Å². The third kappa shape index (κ3) is 4.28. The average Bonchev–Trinajstić information content (AvgIpc) is 2.61. The first-order valence-corrected chi connectivity index (χ1v) is 8.31. The number of ether oxygens (including phenoxy) is 2. The Morgan fingerprint density at radius 1 is 1.40 bits per heavy atom. The summed E-state index contributed by atoms with van der Waals surface area (Å²) in [5.74, 6) is 0.826. The number of aryl methyl sites for hydroxylation is 1. The van der Waals surface area contributed by atoms with Crippen LogP contribution in [0.3, 0.4) is 0 Å². The summed E-state index contributed by atoms with van der Waals surface area (Å²) in [6.45, 7) is 3.46. The number of hydrogen-bond donors (Lipinski definition) is 1. The highest BCUT2D eigenvalue weighted by Crippen LogP contribution is 2.23. The molecular formula is C19H23N3O3. The maximum absolute atomic E-state index is 12.7. The summed E-state index contributed by atoms with van der Waals surface area (Å²) in [6, 6.07) is 11.2. The Kier molecular flexibility index (Phi) is 5.19. The van der Waals surface area contributed by atoms with Crippen LogP contribution in [0.2, 0.25) is 0 Å². The molecule has 6 heteroatoms. The molecule has 1 aliphatic rings. The van der Waals surface area contributed by atoms with Gasteiger partial charge in [0.15, 0.2) is 0 Å². The number of aromatic nitrogens is 1. The van der Waals surface area contributed by atoms with Crippen molar-refractivity contribution < 1.29 is 14.3 Å². The fraction of sp³-hybridized carbons (Fsp3) is 0.368. The zero-order chi connectivity index (χ0) is 17.8. The Balaban J connectivity index is 1.68. The summed E-state index contributed by atoms with van der Waals surface area (Å²) in [4.78, 5) is 19.0. The Morgan fingerprint density at radius 3 is 3.00 bits per heavy atom. The van der Waals surface area contributed by atoms with E-state index in [2.05, 4.69) is 4.98 Å². The van der Waals surface area contributed by atoms with Crippen LogP contribution in [0.25, 0.3) is 0 Å². The average molecular weight is 341 g/mol. The molecule has 2 N–H and O–H groups in total. The number of rotatable bonds is 4. The number of amides is 1. The largest absolute Gasteiger partial charge is 0.497 e. The quantitative estimate of drug-likeness (QED) is 0.922. The molecule has 1 aromatic carbocycles. The van der Waals surface area contributed by atoms with Gasteiger partial charge in [0.05, 0.1) is 32.4 Å². The second-order valence-electron chi connectivity index (χ2n) is 6.19. The van der Waals surface area contributed by atoms with Gasteiger partial charge in [0.1, 0.15) is 11.9 Å². The van der Waals surface area contributed by atoms with Crippen LogP contribution >= 0.6 is 0 Å². The fourth-order valence-electron chi connectivity index (χ4n) is 3.01. The molecule has 2 heterocycles. The molecule has 3 rings (SSSR count). The zero-order valence-electron chi connectivity index (χ0n) is 14.6. The first kappa shape index (κ1) is 17.2. The van der Waals surface area contributed by atoms with E-state index in [1.807, 2.05) is 48.2 Å². The molecule has 0 saturated carbocycles. The number of methoxy groups -OCH3 is 1. The number of pyridine rings is 1. The first-order valence-electron chi connectivity index (χ1n) is 8.31. The lowest BCUT2D eigenvalue weighted by Crippen LogP contribution is -2.43. The van der Waals surface area contributed by atoms with Crippen molar-refractivity contribution >= 4 is 11.6 Å². The van der Waals surface area contributed by atoms with E-state index < -0.39 is 0 Å². The van der Waals surface area contributed by atoms with E-state index in [9.17, 15) is 4.79 Å². The van der Waals surface area contributed by atoms with Crippen molar-refractivity contribution in [3.63, 3.8) is 0 Å². The van der Waals surface area contributed by atoms with Crippen LogP contribution < -0.4 is 10.5 Å². The lowest BCUT2D eigenvalue weighted by molar-refractivity contribution is -0.138. The molecule has 1 aliphatic heterocycles. The minimum Gasteiger partial charge on any atom is -0.497 e. The molecule has 1 amide bonds. The van der Waals surface area contributed by atoms with Crippen LogP contribution in [0.1, 0.15) is 23.1 Å². The van der Waals surface area contributed by atoms with E-state index in [1.165, 1.54) is 0 Å². The van der Waals surface area contributed by atoms with Gasteiger partial charge in [-0.3, -0.25) is 9.78 Å². The van der Waals surface area contributed by atoms with Crippen molar-refractivity contribution in [1.82, 2.24) is 9.88 Å². The topological polar surface area (TPSA) is 77.7 Å². The number of carbonyl (C=O) groups is 1. The Labute approximate surface area is 147 Å². The molecule has 6 nitrogen and oxygen atoms in total. The van der Waals surface area contributed by atoms with Crippen LogP contribution in [0.4, 0.5) is 5.69 Å². The zero-order valence-corrected chi connectivity index (χ0v) is 14.6. The summed E-state index contributed by atoms with van der Waals surface area (Å²) in [6.07, 6.45) is 0.0954. The van der Waals surface area contributed by atoms with Crippen LogP contribution in [-0.4, -0.2) is 42.6 Å². The van der Waals surface area contributed by atoms with E-state index in [0.29, 0.717) is 31.8 Å². The molecule has 1 fully saturated rings. The molecule has 1 saturated heterocycles. The van der Waals surface area contributed by atoms with E-state index in [-0.39, 0.29) is 12.0 Å². The van der Waals surface area contributed by atoms with Gasteiger partial charge >= 0.3 is 0 Å². The standard InChI is InChI=1S/C19H23N3O3/c1-13-8-15(20)11-17(21-13)18-12-22(6-7-25-18)19(23)10-14-4-3-5-16(9-14)24-2/h3-5,8-9,11,18H,6-7,10,12H2,1-2H3,(H2,20,21). The summed E-state index contributed by atoms with van der Waals surface area (Å²) in [5.41, 5.74) is 9.12. The number of carbonyl (C=O) groups excluding carboxylic acids is 1. The van der Waals surface area contributed by atoms with Gasteiger partial charge in [-0.2, -0.15) is 0 Å². The smallest absolute Gasteiger partial charge is 0.227 e. The number of nitrogens with zero attached hydrogens (tertiary/aromatic N) is 2. The van der Waals surface area contributed by atoms with E-state index in [0.717, 1.165) is 22.7 Å². The predicted molar refractivity (Wildman–Crippen MR) is 95.4 cm³/mol. The molecule has 0 radical (unpaired) electrons. The monoisotopic (exact) mass is 341 g/mol. The van der Waals surface area contributed by atoms with Crippen molar-refractivity contribution in [1.29, 1.82) is 0 Å². The first-order chi connectivity index (χ1) is 12.0. The fourth-order valence-corrected chi connectivity index (χ4v) is 3.01. The van der Waals surface area contributed by atoms with Gasteiger partial charge in [-0.1, -0.05) is 12.1 Å². The number of benzene rings is 1. The summed E-state index contributed by atoms with van der Waals surface area (Å²) in [5, 5.41) is 0. The van der Waals surface area contributed by atoms with Gasteiger partial charge in [0.25, 0.3) is 0 Å². The Morgan fingerprint density at radius 2 is 2.24 bits per heavy atom. The molecule has 1 unspecified atom stereocenters. The number of morpholine rings is 1. The van der Waals surface area contributed by atoms with Gasteiger partial charge in [-0.25, -0.2) is 0 Å². The maximum atomic E-state index is 12.7. The van der Waals surface area contributed by atoms with Crippen molar-refractivity contribution in [3.8, 4) is 5.75 Å². The van der Waals surface area contributed by atoms with Crippen LogP contribution in [0, 0.1) is 6.92 Å². The summed E-state index contributed by atoms with van der Waals surface area (Å²) >= 11 is 0. The SMILES string of the molecule is COc1cccc(CC(=O)N2CCOC(c3cc(N)cc(C)n3)C2)c1. The number of nitrogens with two attached hydrogens (primary N) is 1. The number of nitrogen functional groups attached to an aromatic ring is 1. The second-order valence-corrected chi connectivity index (χ2v) is 6.19. The second kappa shape index (κ2) is 7.53. The van der Waals surface area contributed by atoms with Gasteiger partial charge in [-0.05, 0) is 36.8 Å². The van der Waals surface area contributed by atoms with Gasteiger partial charge in [0, 0.05) is 17.9 Å². The molecule has 2 aromatic rings. The van der Waals surface area contributed by atoms with Crippen molar-refractivity contribution in [2.75, 3.05) is 32.5 Å². The maximum Gasteiger partial charge on any atom is 0.227 e. The van der Waals surface area contributed by atoms with Crippen molar-refractivity contribution in [2.45, 2.75) is 19.4 Å². The third-order valence-corrected chi connectivity index (χ3v) is 4.23. The Bertz CT molecular complexity index is 743. The summed E-state index contributed by atoms with van der Waals surface area (Å²) in [7, 11) is 1.62. The minimum atomic E-state index is -0.245. The van der Waals surface area contributed by atoms with Crippen LogP contribution in [-0.2, 0) is 16.0 Å². The van der Waals surface area contributed by atoms with E-state index >= 15 is 0 Å². The van der Waals surface area contributed by atoms with Crippen molar-refractivity contribution in [2.24, 2.45) is 0 Å². The number of anilines is 1. The minimum absolute atomic E-state index is 0.0715. The lowest BCUT2D eigenvalue weighted by atomic mass is 10.1. The highest BCUT2D eigenvalue weighted by molar-refractivity contribution is 5.79. The third-order valence-electron chi connectivity index (χ3n) is 4.23. The van der Waals surface area contributed by atoms with E-state index in [1.54, 1.807) is 7.11 Å². The van der Waals surface area contributed by atoms with Gasteiger partial charge < -0.3 is 20.1 Å². The molecule has 0 bridgehead atoms. The molecule has 1 atom stereocenters.